The van der Waals surface area contributed by atoms with Crippen LogP contribution in [-0.2, 0) is 4.79 Å². The van der Waals surface area contributed by atoms with Crippen molar-refractivity contribution in [3.63, 3.8) is 0 Å². The quantitative estimate of drug-likeness (QED) is 0.544. The van der Waals surface area contributed by atoms with Crippen LogP contribution >= 0.6 is 0 Å². The van der Waals surface area contributed by atoms with E-state index in [9.17, 15) is 4.79 Å². The number of hydrogen-bond donors (Lipinski definition) is 2. The van der Waals surface area contributed by atoms with Crippen molar-refractivity contribution >= 4 is 11.9 Å². The van der Waals surface area contributed by atoms with Crippen molar-refractivity contribution < 1.29 is 4.79 Å². The number of guanidine groups is 1. The predicted molar refractivity (Wildman–Crippen MR) is 85.1 cm³/mol. The molecule has 3 N–H and O–H groups in total. The lowest BCUT2D eigenvalue weighted by Crippen LogP contribution is -2.52. The number of aliphatic imine (C=N–C) groups is 1. The molecule has 1 aliphatic heterocycles. The molecule has 0 radical (unpaired) electrons. The standard InChI is InChI=1S/C15H29N5O/c1-2-6-17-15(16)18-7-8-19-9-11-20(12-10-19)14(21)13-4-3-5-13/h13H,2-12H2,1H3,(H3,16,17,18). The summed E-state index contributed by atoms with van der Waals surface area (Å²) in [5, 5.41) is 3.14. The van der Waals surface area contributed by atoms with Gasteiger partial charge in [-0.3, -0.25) is 14.7 Å². The highest BCUT2D eigenvalue weighted by molar-refractivity contribution is 5.79. The molecule has 0 aromatic rings. The molecular formula is C15H29N5O. The normalized spacial score (nSPS) is 21.2. The van der Waals surface area contributed by atoms with Gasteiger partial charge >= 0.3 is 0 Å². The molecule has 1 saturated heterocycles. The lowest BCUT2D eigenvalue weighted by molar-refractivity contribution is -0.139. The second kappa shape index (κ2) is 8.22. The summed E-state index contributed by atoms with van der Waals surface area (Å²) in [6.07, 6.45) is 4.43. The van der Waals surface area contributed by atoms with Gasteiger partial charge in [-0.2, -0.15) is 0 Å². The Kier molecular flexibility index (Phi) is 6.29. The largest absolute Gasteiger partial charge is 0.370 e. The highest BCUT2D eigenvalue weighted by Gasteiger charge is 2.30. The van der Waals surface area contributed by atoms with E-state index in [0.717, 1.165) is 65.1 Å². The first-order valence-corrected chi connectivity index (χ1v) is 8.25. The predicted octanol–water partition coefficient (Wildman–Crippen LogP) is 0.245. The Bertz CT molecular complexity index is 359. The molecular weight excluding hydrogens is 266 g/mol. The van der Waals surface area contributed by atoms with Gasteiger partial charge < -0.3 is 16.0 Å². The fourth-order valence-electron chi connectivity index (χ4n) is 2.74. The van der Waals surface area contributed by atoms with E-state index in [2.05, 4.69) is 22.1 Å². The van der Waals surface area contributed by atoms with Crippen LogP contribution in [0.1, 0.15) is 32.6 Å². The summed E-state index contributed by atoms with van der Waals surface area (Å²) in [6.45, 7) is 8.30. The first-order valence-electron chi connectivity index (χ1n) is 8.25. The van der Waals surface area contributed by atoms with E-state index >= 15 is 0 Å². The molecule has 2 aliphatic rings. The van der Waals surface area contributed by atoms with Crippen LogP contribution in [0.25, 0.3) is 0 Å². The van der Waals surface area contributed by atoms with Crippen molar-refractivity contribution in [1.29, 1.82) is 0 Å². The fraction of sp³-hybridized carbons (Fsp3) is 0.867. The van der Waals surface area contributed by atoms with Crippen molar-refractivity contribution in [1.82, 2.24) is 15.1 Å². The Hall–Kier alpha value is -1.30. The van der Waals surface area contributed by atoms with E-state index in [1.165, 1.54) is 6.42 Å². The molecule has 0 atom stereocenters. The van der Waals surface area contributed by atoms with E-state index in [1.807, 2.05) is 4.90 Å². The molecule has 0 spiro atoms. The zero-order valence-electron chi connectivity index (χ0n) is 13.2. The zero-order valence-corrected chi connectivity index (χ0v) is 13.2. The number of nitrogens with one attached hydrogen (secondary N) is 1. The highest BCUT2D eigenvalue weighted by atomic mass is 16.2. The minimum absolute atomic E-state index is 0.327. The van der Waals surface area contributed by atoms with Gasteiger partial charge in [0, 0.05) is 51.7 Å². The maximum Gasteiger partial charge on any atom is 0.225 e. The lowest BCUT2D eigenvalue weighted by atomic mass is 9.84. The van der Waals surface area contributed by atoms with Crippen molar-refractivity contribution in [2.75, 3.05) is 45.8 Å². The third-order valence-corrected chi connectivity index (χ3v) is 4.38. The number of nitrogens with zero attached hydrogens (tertiary/aromatic N) is 3. The summed E-state index contributed by atoms with van der Waals surface area (Å²) in [4.78, 5) is 20.8. The minimum atomic E-state index is 0.327. The van der Waals surface area contributed by atoms with Gasteiger partial charge in [0.05, 0.1) is 0 Å². The molecule has 0 unspecified atom stereocenters. The average molecular weight is 295 g/mol. The highest BCUT2D eigenvalue weighted by Crippen LogP contribution is 2.28. The van der Waals surface area contributed by atoms with Gasteiger partial charge in [0.25, 0.3) is 0 Å². The van der Waals surface area contributed by atoms with Gasteiger partial charge in [-0.1, -0.05) is 13.3 Å². The smallest absolute Gasteiger partial charge is 0.225 e. The van der Waals surface area contributed by atoms with E-state index in [0.29, 0.717) is 17.8 Å². The Morgan fingerprint density at radius 1 is 1.29 bits per heavy atom. The van der Waals surface area contributed by atoms with Gasteiger partial charge in [0.15, 0.2) is 5.96 Å². The third kappa shape index (κ3) is 4.88. The fourth-order valence-corrected chi connectivity index (χ4v) is 2.74. The number of carbonyl (C=O) groups is 1. The minimum Gasteiger partial charge on any atom is -0.370 e. The van der Waals surface area contributed by atoms with Crippen molar-refractivity contribution in [2.45, 2.75) is 32.6 Å². The molecule has 6 heteroatoms. The van der Waals surface area contributed by atoms with Crippen molar-refractivity contribution in [2.24, 2.45) is 16.6 Å². The maximum absolute atomic E-state index is 12.2. The molecule has 0 aromatic heterocycles. The summed E-state index contributed by atoms with van der Waals surface area (Å²) in [5.41, 5.74) is 5.76. The first kappa shape index (κ1) is 16.1. The van der Waals surface area contributed by atoms with Crippen LogP contribution in [0.3, 0.4) is 0 Å². The van der Waals surface area contributed by atoms with Crippen LogP contribution in [-0.4, -0.2) is 67.5 Å². The molecule has 120 valence electrons. The van der Waals surface area contributed by atoms with Gasteiger partial charge in [-0.25, -0.2) is 0 Å². The number of nitrogens with two attached hydrogens (primary N) is 1. The van der Waals surface area contributed by atoms with E-state index in [4.69, 9.17) is 5.73 Å². The molecule has 2 rings (SSSR count). The van der Waals surface area contributed by atoms with Gasteiger partial charge in [0.1, 0.15) is 0 Å². The SMILES string of the molecule is CCCN=C(N)NCCN1CCN(C(=O)C2CCC2)CC1. The van der Waals surface area contributed by atoms with E-state index in [-0.39, 0.29) is 0 Å². The van der Waals surface area contributed by atoms with E-state index in [1.54, 1.807) is 0 Å². The summed E-state index contributed by atoms with van der Waals surface area (Å²) >= 11 is 0. The van der Waals surface area contributed by atoms with Crippen LogP contribution in [0.5, 0.6) is 0 Å². The van der Waals surface area contributed by atoms with Gasteiger partial charge in [-0.15, -0.1) is 0 Å². The molecule has 21 heavy (non-hydrogen) atoms. The molecule has 0 aromatic carbocycles. The second-order valence-electron chi connectivity index (χ2n) is 5.99. The number of amides is 1. The van der Waals surface area contributed by atoms with E-state index < -0.39 is 0 Å². The number of rotatable bonds is 6. The molecule has 1 heterocycles. The first-order chi connectivity index (χ1) is 10.2. The molecule has 0 bridgehead atoms. The van der Waals surface area contributed by atoms with Crippen LogP contribution in [0.15, 0.2) is 4.99 Å². The summed E-state index contributed by atoms with van der Waals surface area (Å²) in [5.74, 6) is 1.25. The number of piperazine rings is 1. The average Bonchev–Trinajstić information content (AvgIpc) is 2.44. The summed E-state index contributed by atoms with van der Waals surface area (Å²) in [7, 11) is 0. The van der Waals surface area contributed by atoms with Gasteiger partial charge in [0.2, 0.25) is 5.91 Å². The number of carbonyl (C=O) groups excluding carboxylic acids is 1. The summed E-state index contributed by atoms with van der Waals surface area (Å²) in [6, 6.07) is 0. The summed E-state index contributed by atoms with van der Waals surface area (Å²) < 4.78 is 0. The zero-order chi connectivity index (χ0) is 15.1. The van der Waals surface area contributed by atoms with Crippen LogP contribution < -0.4 is 11.1 Å². The van der Waals surface area contributed by atoms with Crippen molar-refractivity contribution in [3.8, 4) is 0 Å². The maximum atomic E-state index is 12.2. The third-order valence-electron chi connectivity index (χ3n) is 4.38. The lowest BCUT2D eigenvalue weighted by Gasteiger charge is -2.38. The Balaban J connectivity index is 1.59. The topological polar surface area (TPSA) is 74.0 Å². The number of hydrogen-bond acceptors (Lipinski definition) is 3. The van der Waals surface area contributed by atoms with Crippen molar-refractivity contribution in [3.05, 3.63) is 0 Å². The van der Waals surface area contributed by atoms with Crippen LogP contribution in [0.4, 0.5) is 0 Å². The van der Waals surface area contributed by atoms with Gasteiger partial charge in [-0.05, 0) is 19.3 Å². The van der Waals surface area contributed by atoms with Crippen LogP contribution in [0.2, 0.25) is 0 Å². The molecule has 1 saturated carbocycles. The Morgan fingerprint density at radius 2 is 2.00 bits per heavy atom. The molecule has 2 fully saturated rings. The molecule has 1 aliphatic carbocycles. The van der Waals surface area contributed by atoms with Crippen LogP contribution in [0, 0.1) is 5.92 Å². The monoisotopic (exact) mass is 295 g/mol. The second-order valence-corrected chi connectivity index (χ2v) is 5.99. The Morgan fingerprint density at radius 3 is 2.57 bits per heavy atom. The molecule has 1 amide bonds. The molecule has 6 nitrogen and oxygen atoms in total. The Labute approximate surface area is 127 Å².